The summed E-state index contributed by atoms with van der Waals surface area (Å²) in [5.74, 6) is 0.538. The largest absolute Gasteiger partial charge is 0.412 e. The van der Waals surface area contributed by atoms with Gasteiger partial charge in [-0.15, -0.1) is 0 Å². The molecule has 0 aliphatic carbocycles. The van der Waals surface area contributed by atoms with E-state index in [4.69, 9.17) is 4.74 Å². The highest BCUT2D eigenvalue weighted by molar-refractivity contribution is 5.81. The fourth-order valence-corrected chi connectivity index (χ4v) is 1.25. The van der Waals surface area contributed by atoms with E-state index in [1.54, 1.807) is 12.1 Å². The van der Waals surface area contributed by atoms with Gasteiger partial charge in [0.2, 0.25) is 0 Å². The van der Waals surface area contributed by atoms with Crippen LogP contribution in [0.25, 0.3) is 10.9 Å². The number of hydrogen-bond acceptors (Lipinski definition) is 2. The van der Waals surface area contributed by atoms with E-state index in [1.165, 1.54) is 7.05 Å². The second-order valence-electron chi connectivity index (χ2n) is 2.87. The van der Waals surface area contributed by atoms with Crippen LogP contribution < -0.4 is 10.1 Å². The Balaban J connectivity index is 2.30. The monoisotopic (exact) mass is 190 g/mol. The second-order valence-corrected chi connectivity index (χ2v) is 2.87. The Bertz CT molecular complexity index is 462. The number of ether oxygens (including phenoxy) is 1. The van der Waals surface area contributed by atoms with Crippen LogP contribution in [0.5, 0.6) is 5.75 Å². The molecule has 14 heavy (non-hydrogen) atoms. The van der Waals surface area contributed by atoms with Gasteiger partial charge in [-0.25, -0.2) is 4.79 Å². The van der Waals surface area contributed by atoms with E-state index in [2.05, 4.69) is 10.3 Å². The lowest BCUT2D eigenvalue weighted by Gasteiger charge is -2.02. The molecule has 1 amide bonds. The minimum Gasteiger partial charge on any atom is -0.410 e. The number of nitrogens with one attached hydrogen (secondary N) is 2. The lowest BCUT2D eigenvalue weighted by atomic mass is 10.2. The predicted molar refractivity (Wildman–Crippen MR) is 53.4 cm³/mol. The SMILES string of the molecule is CNC(=O)Oc1ccc2[nH]ccc2c1. The molecule has 2 aromatic rings. The molecule has 2 rings (SSSR count). The van der Waals surface area contributed by atoms with Crippen LogP contribution in [0.15, 0.2) is 30.5 Å². The van der Waals surface area contributed by atoms with Crippen LogP contribution in [0, 0.1) is 0 Å². The minimum atomic E-state index is -0.458. The van der Waals surface area contributed by atoms with Crippen molar-refractivity contribution in [3.63, 3.8) is 0 Å². The molecule has 4 heteroatoms. The fraction of sp³-hybridized carbons (Fsp3) is 0.100. The van der Waals surface area contributed by atoms with Gasteiger partial charge in [0.15, 0.2) is 0 Å². The molecule has 0 fully saturated rings. The zero-order chi connectivity index (χ0) is 9.97. The normalized spacial score (nSPS) is 10.1. The number of fused-ring (bicyclic) bond motifs is 1. The molecule has 0 bridgehead atoms. The minimum absolute atomic E-state index is 0.458. The fourth-order valence-electron chi connectivity index (χ4n) is 1.25. The van der Waals surface area contributed by atoms with Crippen molar-refractivity contribution in [1.82, 2.24) is 10.3 Å². The van der Waals surface area contributed by atoms with Gasteiger partial charge in [-0.05, 0) is 24.3 Å². The number of hydrogen-bond donors (Lipinski definition) is 2. The highest BCUT2D eigenvalue weighted by atomic mass is 16.5. The molecule has 72 valence electrons. The van der Waals surface area contributed by atoms with Gasteiger partial charge in [0, 0.05) is 24.1 Å². The van der Waals surface area contributed by atoms with E-state index in [9.17, 15) is 4.79 Å². The molecule has 0 unspecified atom stereocenters. The van der Waals surface area contributed by atoms with Crippen LogP contribution in [0.1, 0.15) is 0 Å². The van der Waals surface area contributed by atoms with E-state index < -0.39 is 6.09 Å². The molecule has 0 saturated heterocycles. The Morgan fingerprint density at radius 1 is 1.43 bits per heavy atom. The highest BCUT2D eigenvalue weighted by Gasteiger charge is 2.02. The number of benzene rings is 1. The van der Waals surface area contributed by atoms with E-state index in [0.29, 0.717) is 5.75 Å². The van der Waals surface area contributed by atoms with E-state index in [-0.39, 0.29) is 0 Å². The topological polar surface area (TPSA) is 54.1 Å². The molecular weight excluding hydrogens is 180 g/mol. The summed E-state index contributed by atoms with van der Waals surface area (Å²) in [7, 11) is 1.52. The van der Waals surface area contributed by atoms with Crippen molar-refractivity contribution >= 4 is 17.0 Å². The van der Waals surface area contributed by atoms with Gasteiger partial charge in [-0.2, -0.15) is 0 Å². The van der Waals surface area contributed by atoms with Gasteiger partial charge in [0.05, 0.1) is 0 Å². The molecule has 0 aliphatic heterocycles. The van der Waals surface area contributed by atoms with Gasteiger partial charge in [0.1, 0.15) is 5.75 Å². The van der Waals surface area contributed by atoms with Crippen LogP contribution in [-0.4, -0.2) is 18.1 Å². The van der Waals surface area contributed by atoms with Crippen molar-refractivity contribution in [2.24, 2.45) is 0 Å². The number of aromatic amines is 1. The Morgan fingerprint density at radius 3 is 3.07 bits per heavy atom. The molecule has 0 saturated carbocycles. The molecule has 1 aromatic heterocycles. The molecule has 4 nitrogen and oxygen atoms in total. The van der Waals surface area contributed by atoms with Crippen molar-refractivity contribution in [3.05, 3.63) is 30.5 Å². The highest BCUT2D eigenvalue weighted by Crippen LogP contribution is 2.19. The van der Waals surface area contributed by atoms with Crippen LogP contribution in [0.3, 0.4) is 0 Å². The van der Waals surface area contributed by atoms with Crippen molar-refractivity contribution in [2.45, 2.75) is 0 Å². The second kappa shape index (κ2) is 3.41. The maximum Gasteiger partial charge on any atom is 0.412 e. The summed E-state index contributed by atoms with van der Waals surface area (Å²) in [5.41, 5.74) is 1.02. The molecule has 2 N–H and O–H groups in total. The summed E-state index contributed by atoms with van der Waals surface area (Å²) in [5, 5.41) is 3.41. The first-order valence-electron chi connectivity index (χ1n) is 4.26. The number of carbonyl (C=O) groups excluding carboxylic acids is 1. The van der Waals surface area contributed by atoms with Crippen molar-refractivity contribution < 1.29 is 9.53 Å². The summed E-state index contributed by atoms with van der Waals surface area (Å²) < 4.78 is 4.98. The lowest BCUT2D eigenvalue weighted by molar-refractivity contribution is 0.203. The molecule has 0 spiro atoms. The van der Waals surface area contributed by atoms with Gasteiger partial charge in [-0.3, -0.25) is 0 Å². The number of rotatable bonds is 1. The van der Waals surface area contributed by atoms with Gasteiger partial charge < -0.3 is 15.0 Å². The first-order chi connectivity index (χ1) is 6.79. The summed E-state index contributed by atoms with van der Waals surface area (Å²) >= 11 is 0. The summed E-state index contributed by atoms with van der Waals surface area (Å²) in [4.78, 5) is 14.0. The van der Waals surface area contributed by atoms with Gasteiger partial charge in [-0.1, -0.05) is 0 Å². The maximum atomic E-state index is 10.9. The standard InChI is InChI=1S/C10H10N2O2/c1-11-10(13)14-8-2-3-9-7(6-8)4-5-12-9/h2-6,12H,1H3,(H,11,13). The van der Waals surface area contributed by atoms with Gasteiger partial charge in [0.25, 0.3) is 0 Å². The third kappa shape index (κ3) is 1.54. The number of aromatic nitrogens is 1. The van der Waals surface area contributed by atoms with Crippen LogP contribution in [-0.2, 0) is 0 Å². The summed E-state index contributed by atoms with van der Waals surface area (Å²) in [6, 6.07) is 7.34. The zero-order valence-corrected chi connectivity index (χ0v) is 7.70. The third-order valence-corrected chi connectivity index (χ3v) is 1.94. The smallest absolute Gasteiger partial charge is 0.410 e. The maximum absolute atomic E-state index is 10.9. The van der Waals surface area contributed by atoms with E-state index >= 15 is 0 Å². The Labute approximate surface area is 80.9 Å². The summed E-state index contributed by atoms with van der Waals surface area (Å²) in [6.07, 6.45) is 1.38. The first-order valence-corrected chi connectivity index (χ1v) is 4.26. The Hall–Kier alpha value is -1.97. The third-order valence-electron chi connectivity index (χ3n) is 1.94. The average Bonchev–Trinajstić information content (AvgIpc) is 2.64. The average molecular weight is 190 g/mol. The van der Waals surface area contributed by atoms with E-state index in [1.807, 2.05) is 18.3 Å². The summed E-state index contributed by atoms with van der Waals surface area (Å²) in [6.45, 7) is 0. The molecule has 1 aromatic carbocycles. The molecule has 0 atom stereocenters. The Kier molecular flexibility index (Phi) is 2.10. The number of H-pyrrole nitrogens is 1. The lowest BCUT2D eigenvalue weighted by Crippen LogP contribution is -2.21. The van der Waals surface area contributed by atoms with Gasteiger partial charge >= 0.3 is 6.09 Å². The van der Waals surface area contributed by atoms with Crippen molar-refractivity contribution in [3.8, 4) is 5.75 Å². The Morgan fingerprint density at radius 2 is 2.29 bits per heavy atom. The molecule has 1 heterocycles. The van der Waals surface area contributed by atoms with Crippen LogP contribution in [0.2, 0.25) is 0 Å². The number of amides is 1. The molecule has 0 aliphatic rings. The van der Waals surface area contributed by atoms with Crippen molar-refractivity contribution in [1.29, 1.82) is 0 Å². The van der Waals surface area contributed by atoms with Crippen LogP contribution in [0.4, 0.5) is 4.79 Å². The predicted octanol–water partition coefficient (Wildman–Crippen LogP) is 1.89. The first kappa shape index (κ1) is 8.62. The molecule has 0 radical (unpaired) electrons. The van der Waals surface area contributed by atoms with E-state index in [0.717, 1.165) is 10.9 Å². The zero-order valence-electron chi connectivity index (χ0n) is 7.70. The van der Waals surface area contributed by atoms with Crippen LogP contribution >= 0.6 is 0 Å². The van der Waals surface area contributed by atoms with Crippen molar-refractivity contribution in [2.75, 3.05) is 7.05 Å². The number of carbonyl (C=O) groups is 1. The quantitative estimate of drug-likeness (QED) is 0.721. The molecular formula is C10H10N2O2.